The van der Waals surface area contributed by atoms with Gasteiger partial charge in [0.1, 0.15) is 46.1 Å². The zero-order valence-electron chi connectivity index (χ0n) is 25.2. The van der Waals surface area contributed by atoms with E-state index in [-0.39, 0.29) is 43.4 Å². The van der Waals surface area contributed by atoms with E-state index in [1.165, 1.54) is 30.6 Å². The number of methoxy groups -OCH3 is 1. The first-order valence-electron chi connectivity index (χ1n) is 14.1. The van der Waals surface area contributed by atoms with Crippen molar-refractivity contribution in [2.45, 2.75) is 57.2 Å². The average Bonchev–Trinajstić information content (AvgIpc) is 3.53. The number of aromatic nitrogens is 2. The normalized spacial score (nSPS) is 17.5. The van der Waals surface area contributed by atoms with Crippen LogP contribution in [0.25, 0.3) is 21.5 Å². The van der Waals surface area contributed by atoms with Crippen molar-refractivity contribution in [2.75, 3.05) is 26.0 Å². The van der Waals surface area contributed by atoms with Crippen LogP contribution in [0.5, 0.6) is 11.5 Å². The summed E-state index contributed by atoms with van der Waals surface area (Å²) in [5, 5.41) is 25.0. The molecule has 0 radical (unpaired) electrons. The minimum absolute atomic E-state index is 0.00756. The Balaban J connectivity index is 1.49. The standard InChI is InChI=1S/C32H35FN4O6S/c1-30(2,40)15-35-28(39)31(3)16-43-27-20(31)14-24(36-25(27)17-6-8-19(33)9-7-17)32(4,41)11-10-21(38)18-12-22(42-5)26-23(13-18)44-29(34)37-26/h6-9,12-14,40-41H,10-11,15-16H2,1-5H3,(H2,34,37)(H,35,39)/t31-,32-/m0/s1. The van der Waals surface area contributed by atoms with Crippen molar-refractivity contribution in [3.05, 3.63) is 65.1 Å². The molecule has 12 heteroatoms. The van der Waals surface area contributed by atoms with Crippen LogP contribution >= 0.6 is 11.3 Å². The Bertz CT molecular complexity index is 1750. The van der Waals surface area contributed by atoms with E-state index < -0.39 is 22.4 Å². The number of ether oxygens (including phenoxy) is 2. The smallest absolute Gasteiger partial charge is 0.234 e. The second-order valence-corrected chi connectivity index (χ2v) is 13.2. The number of hydrogen-bond donors (Lipinski definition) is 4. The van der Waals surface area contributed by atoms with Crippen LogP contribution in [-0.4, -0.2) is 57.7 Å². The highest BCUT2D eigenvalue weighted by Gasteiger charge is 2.46. The number of ketones is 1. The van der Waals surface area contributed by atoms with E-state index in [0.717, 1.165) is 0 Å². The van der Waals surface area contributed by atoms with Crippen molar-refractivity contribution in [3.8, 4) is 22.8 Å². The zero-order chi connectivity index (χ0) is 32.0. The Morgan fingerprint density at radius 1 is 1.16 bits per heavy atom. The van der Waals surface area contributed by atoms with Crippen LogP contribution in [0.3, 0.4) is 0 Å². The molecule has 232 valence electrons. The highest BCUT2D eigenvalue weighted by atomic mass is 32.1. The second-order valence-electron chi connectivity index (χ2n) is 12.1. The Labute approximate surface area is 258 Å². The van der Waals surface area contributed by atoms with Gasteiger partial charge >= 0.3 is 0 Å². The van der Waals surface area contributed by atoms with Crippen molar-refractivity contribution in [2.24, 2.45) is 0 Å². The number of nitrogens with one attached hydrogen (secondary N) is 1. The monoisotopic (exact) mass is 622 g/mol. The Hall–Kier alpha value is -4.13. The molecule has 0 spiro atoms. The molecule has 2 aromatic heterocycles. The first-order valence-corrected chi connectivity index (χ1v) is 14.9. The number of Topliss-reactive ketones (excluding diaryl/α,β-unsaturated/α-hetero) is 1. The van der Waals surface area contributed by atoms with E-state index in [1.54, 1.807) is 58.0 Å². The van der Waals surface area contributed by atoms with E-state index in [0.29, 0.717) is 49.2 Å². The van der Waals surface area contributed by atoms with Crippen molar-refractivity contribution in [1.29, 1.82) is 0 Å². The number of fused-ring (bicyclic) bond motifs is 2. The molecule has 5 rings (SSSR count). The summed E-state index contributed by atoms with van der Waals surface area (Å²) in [4.78, 5) is 35.8. The van der Waals surface area contributed by atoms with Crippen LogP contribution in [0.2, 0.25) is 0 Å². The molecule has 1 amide bonds. The molecular formula is C32H35FN4O6S. The molecule has 44 heavy (non-hydrogen) atoms. The zero-order valence-corrected chi connectivity index (χ0v) is 26.0. The highest BCUT2D eigenvalue weighted by molar-refractivity contribution is 7.22. The maximum Gasteiger partial charge on any atom is 0.234 e. The van der Waals surface area contributed by atoms with Crippen molar-refractivity contribution >= 4 is 38.4 Å². The number of carbonyl (C=O) groups is 2. The number of aliphatic hydroxyl groups is 2. The molecule has 1 aliphatic rings. The lowest BCUT2D eigenvalue weighted by Crippen LogP contribution is -2.48. The SMILES string of the molecule is COc1cc(C(=O)CC[C@](C)(O)c2cc3c(c(-c4ccc(F)cc4)n2)OC[C@]3(C)C(=O)NCC(C)(C)O)cc2sc(N)nc12. The molecule has 2 atom stereocenters. The van der Waals surface area contributed by atoms with Gasteiger partial charge in [-0.1, -0.05) is 11.3 Å². The van der Waals surface area contributed by atoms with Crippen LogP contribution in [0.4, 0.5) is 9.52 Å². The highest BCUT2D eigenvalue weighted by Crippen LogP contribution is 2.46. The third kappa shape index (κ3) is 6.10. The van der Waals surface area contributed by atoms with Gasteiger partial charge in [0.25, 0.3) is 0 Å². The van der Waals surface area contributed by atoms with E-state index in [1.807, 2.05) is 0 Å². The summed E-state index contributed by atoms with van der Waals surface area (Å²) < 4.78 is 26.0. The molecule has 5 N–H and O–H groups in total. The number of thiazole rings is 1. The van der Waals surface area contributed by atoms with E-state index in [2.05, 4.69) is 10.3 Å². The van der Waals surface area contributed by atoms with Gasteiger partial charge in [-0.2, -0.15) is 0 Å². The summed E-state index contributed by atoms with van der Waals surface area (Å²) in [7, 11) is 1.49. The van der Waals surface area contributed by atoms with Gasteiger partial charge in [-0.05, 0) is 76.6 Å². The first-order chi connectivity index (χ1) is 20.6. The van der Waals surface area contributed by atoms with Gasteiger partial charge < -0.3 is 30.7 Å². The fraction of sp³-hybridized carbons (Fsp3) is 0.375. The molecule has 3 heterocycles. The number of hydrogen-bond acceptors (Lipinski definition) is 10. The lowest BCUT2D eigenvalue weighted by molar-refractivity contribution is -0.127. The number of anilines is 1. The number of rotatable bonds is 10. The van der Waals surface area contributed by atoms with Gasteiger partial charge in [0.05, 0.1) is 23.1 Å². The molecule has 10 nitrogen and oxygen atoms in total. The second kappa shape index (κ2) is 11.4. The van der Waals surface area contributed by atoms with Gasteiger partial charge in [-0.15, -0.1) is 0 Å². The van der Waals surface area contributed by atoms with Crippen LogP contribution in [0, 0.1) is 5.82 Å². The van der Waals surface area contributed by atoms with Gasteiger partial charge in [0, 0.05) is 29.7 Å². The summed E-state index contributed by atoms with van der Waals surface area (Å²) >= 11 is 1.25. The number of nitrogen functional groups attached to an aromatic ring is 1. The number of benzene rings is 2. The van der Waals surface area contributed by atoms with Crippen molar-refractivity contribution in [3.63, 3.8) is 0 Å². The fourth-order valence-corrected chi connectivity index (χ4v) is 5.90. The van der Waals surface area contributed by atoms with Gasteiger partial charge in [0.15, 0.2) is 10.9 Å². The quantitative estimate of drug-likeness (QED) is 0.187. The van der Waals surface area contributed by atoms with Crippen molar-refractivity contribution in [1.82, 2.24) is 15.3 Å². The fourth-order valence-electron chi connectivity index (χ4n) is 5.10. The number of halogens is 1. The molecule has 4 aromatic rings. The molecule has 2 aromatic carbocycles. The average molecular weight is 623 g/mol. The van der Waals surface area contributed by atoms with Gasteiger partial charge in [0.2, 0.25) is 5.91 Å². The summed E-state index contributed by atoms with van der Waals surface area (Å²) in [6, 6.07) is 10.6. The minimum Gasteiger partial charge on any atom is -0.494 e. The van der Waals surface area contributed by atoms with Crippen LogP contribution in [-0.2, 0) is 15.8 Å². The lowest BCUT2D eigenvalue weighted by Gasteiger charge is -2.27. The lowest BCUT2D eigenvalue weighted by atomic mass is 9.81. The number of nitrogens with two attached hydrogens (primary N) is 1. The van der Waals surface area contributed by atoms with Crippen molar-refractivity contribution < 1.29 is 33.7 Å². The first kappa shape index (κ1) is 31.3. The predicted molar refractivity (Wildman–Crippen MR) is 166 cm³/mol. The molecule has 0 bridgehead atoms. The maximum absolute atomic E-state index is 13.8. The summed E-state index contributed by atoms with van der Waals surface area (Å²) in [6.07, 6.45) is -0.0193. The summed E-state index contributed by atoms with van der Waals surface area (Å²) in [5.74, 6) is -0.256. The summed E-state index contributed by atoms with van der Waals surface area (Å²) in [6.45, 7) is 6.45. The minimum atomic E-state index is -1.60. The summed E-state index contributed by atoms with van der Waals surface area (Å²) in [5.41, 5.74) is 4.49. The number of pyridine rings is 1. The molecule has 0 saturated carbocycles. The Kier molecular flexibility index (Phi) is 8.12. The Morgan fingerprint density at radius 3 is 2.52 bits per heavy atom. The van der Waals surface area contributed by atoms with Crippen LogP contribution < -0.4 is 20.5 Å². The topological polar surface area (TPSA) is 157 Å². The Morgan fingerprint density at radius 2 is 1.86 bits per heavy atom. The van der Waals surface area contributed by atoms with Gasteiger partial charge in [-0.3, -0.25) is 9.59 Å². The van der Waals surface area contributed by atoms with E-state index in [4.69, 9.17) is 20.2 Å². The van der Waals surface area contributed by atoms with Crippen LogP contribution in [0.15, 0.2) is 42.5 Å². The molecule has 0 unspecified atom stereocenters. The number of amides is 1. The molecule has 0 saturated heterocycles. The van der Waals surface area contributed by atoms with E-state index in [9.17, 15) is 24.2 Å². The molecule has 1 aliphatic heterocycles. The third-order valence-electron chi connectivity index (χ3n) is 7.78. The maximum atomic E-state index is 13.8. The molecular weight excluding hydrogens is 587 g/mol. The molecule has 0 aliphatic carbocycles. The number of nitrogens with zero attached hydrogens (tertiary/aromatic N) is 2. The van der Waals surface area contributed by atoms with E-state index >= 15 is 0 Å². The largest absolute Gasteiger partial charge is 0.494 e. The third-order valence-corrected chi connectivity index (χ3v) is 8.61. The predicted octanol–water partition coefficient (Wildman–Crippen LogP) is 4.50. The number of carbonyl (C=O) groups excluding carboxylic acids is 2. The van der Waals surface area contributed by atoms with Crippen LogP contribution in [0.1, 0.15) is 62.2 Å². The molecule has 0 fully saturated rings. The van der Waals surface area contributed by atoms with Gasteiger partial charge in [-0.25, -0.2) is 14.4 Å².